The summed E-state index contributed by atoms with van der Waals surface area (Å²) in [6.45, 7) is 1.99. The van der Waals surface area contributed by atoms with Gasteiger partial charge in [0.25, 0.3) is 0 Å². The fraction of sp³-hybridized carbons (Fsp3) is 0.0556. The second-order valence-electron chi connectivity index (χ2n) is 5.64. The molecule has 2 aromatic heterocycles. The summed E-state index contributed by atoms with van der Waals surface area (Å²) in [7, 11) is 0. The molecule has 0 spiro atoms. The molecule has 5 aromatic rings. The van der Waals surface area contributed by atoms with Crippen LogP contribution in [0.4, 0.5) is 4.39 Å². The Labute approximate surface area is 143 Å². The summed E-state index contributed by atoms with van der Waals surface area (Å²) in [6, 6.07) is 11.8. The molecule has 5 rings (SSSR count). The Kier molecular flexibility index (Phi) is 2.51. The number of pyridine rings is 1. The van der Waals surface area contributed by atoms with E-state index in [4.69, 9.17) is 0 Å². The highest BCUT2D eigenvalue weighted by molar-refractivity contribution is 14.1. The van der Waals surface area contributed by atoms with Crippen molar-refractivity contribution >= 4 is 76.0 Å². The van der Waals surface area contributed by atoms with Gasteiger partial charge >= 0.3 is 22.9 Å². The van der Waals surface area contributed by atoms with Crippen molar-refractivity contribution < 1.29 is 7.17 Å². The lowest BCUT2D eigenvalue weighted by Crippen LogP contribution is -2.19. The number of rotatable bonds is 0. The van der Waals surface area contributed by atoms with Crippen LogP contribution in [0.2, 0.25) is 0 Å². The quantitative estimate of drug-likeness (QED) is 0.223. The van der Waals surface area contributed by atoms with E-state index in [0.717, 1.165) is 21.7 Å². The van der Waals surface area contributed by atoms with Crippen LogP contribution in [0.15, 0.2) is 42.6 Å². The van der Waals surface area contributed by atoms with Gasteiger partial charge in [0.2, 0.25) is 5.52 Å². The average molecular weight is 418 g/mol. The summed E-state index contributed by atoms with van der Waals surface area (Å²) in [5.74, 6) is -0.167. The second kappa shape index (κ2) is 4.26. The first kappa shape index (κ1) is 13.0. The monoisotopic (exact) mass is 418 g/mol. The Morgan fingerprint density at radius 1 is 1.00 bits per heavy atom. The van der Waals surface area contributed by atoms with E-state index in [-0.39, 0.29) is 5.82 Å². The largest absolute Gasteiger partial charge is 0.354 e. The molecule has 106 valence electrons. The molecule has 0 aliphatic rings. The van der Waals surface area contributed by atoms with Gasteiger partial charge in [-0.1, -0.05) is 12.1 Å². The van der Waals surface area contributed by atoms with E-state index in [1.165, 1.54) is 25.7 Å². The van der Waals surface area contributed by atoms with Gasteiger partial charge in [-0.05, 0) is 41.5 Å². The molecule has 0 aliphatic heterocycles. The van der Waals surface area contributed by atoms with Gasteiger partial charge in [0, 0.05) is 20.9 Å². The van der Waals surface area contributed by atoms with Gasteiger partial charge in [0.1, 0.15) is 5.82 Å². The molecule has 22 heavy (non-hydrogen) atoms. The van der Waals surface area contributed by atoms with Gasteiger partial charge in [-0.25, -0.2) is 4.39 Å². The summed E-state index contributed by atoms with van der Waals surface area (Å²) in [4.78, 5) is 0. The molecule has 0 radical (unpaired) electrons. The fourth-order valence-corrected chi connectivity index (χ4v) is 5.33. The SMILES string of the molecule is Cc1cc(F)cc2c3cccc4sc5cc[n+](I)c(c12)c5c43. The maximum atomic E-state index is 14.0. The molecule has 0 saturated carbocycles. The molecule has 0 fully saturated rings. The van der Waals surface area contributed by atoms with Crippen molar-refractivity contribution in [2.75, 3.05) is 0 Å². The minimum atomic E-state index is -0.167. The summed E-state index contributed by atoms with van der Waals surface area (Å²) in [5, 5.41) is 5.87. The lowest BCUT2D eigenvalue weighted by molar-refractivity contribution is -0.406. The minimum absolute atomic E-state index is 0.167. The lowest BCUT2D eigenvalue weighted by atomic mass is 9.94. The van der Waals surface area contributed by atoms with Crippen LogP contribution in [0.1, 0.15) is 5.56 Å². The normalized spacial score (nSPS) is 12.3. The maximum Gasteiger partial charge on any atom is 0.354 e. The molecule has 4 heteroatoms. The number of aromatic nitrogens is 1. The van der Waals surface area contributed by atoms with Crippen molar-refractivity contribution in [3.8, 4) is 0 Å². The zero-order valence-electron chi connectivity index (χ0n) is 11.7. The van der Waals surface area contributed by atoms with Crippen LogP contribution < -0.4 is 2.78 Å². The van der Waals surface area contributed by atoms with E-state index in [0.29, 0.717) is 0 Å². The van der Waals surface area contributed by atoms with Crippen LogP contribution in [0.5, 0.6) is 0 Å². The van der Waals surface area contributed by atoms with E-state index >= 15 is 0 Å². The first-order valence-corrected chi connectivity index (χ1v) is 8.80. The topological polar surface area (TPSA) is 3.88 Å². The Hall–Kier alpha value is -1.53. The van der Waals surface area contributed by atoms with Crippen LogP contribution >= 0.6 is 34.2 Å². The molecule has 0 unspecified atom stereocenters. The predicted molar refractivity (Wildman–Crippen MR) is 99.8 cm³/mol. The number of hydrogen-bond donors (Lipinski definition) is 0. The molecule has 0 N–H and O–H groups in total. The molecular weight excluding hydrogens is 408 g/mol. The number of fused-ring (bicyclic) bond motifs is 3. The highest BCUT2D eigenvalue weighted by Crippen LogP contribution is 2.44. The number of hydrogen-bond acceptors (Lipinski definition) is 1. The lowest BCUT2D eigenvalue weighted by Gasteiger charge is -2.09. The minimum Gasteiger partial charge on any atom is -0.207 e. The Morgan fingerprint density at radius 3 is 2.68 bits per heavy atom. The smallest absolute Gasteiger partial charge is 0.207 e. The number of halogens is 2. The van der Waals surface area contributed by atoms with Crippen molar-refractivity contribution in [3.05, 3.63) is 54.0 Å². The number of aryl methyl sites for hydroxylation is 1. The van der Waals surface area contributed by atoms with Gasteiger partial charge < -0.3 is 0 Å². The molecule has 0 bridgehead atoms. The van der Waals surface area contributed by atoms with Crippen molar-refractivity contribution in [3.63, 3.8) is 0 Å². The van der Waals surface area contributed by atoms with E-state index in [9.17, 15) is 4.39 Å². The molecule has 0 atom stereocenters. The van der Waals surface area contributed by atoms with Crippen molar-refractivity contribution in [2.24, 2.45) is 0 Å². The van der Waals surface area contributed by atoms with E-state index in [1.807, 2.05) is 18.3 Å². The van der Waals surface area contributed by atoms with E-state index in [1.54, 1.807) is 12.1 Å². The Bertz CT molecular complexity index is 1210. The van der Waals surface area contributed by atoms with Gasteiger partial charge in [0.05, 0.1) is 10.8 Å². The third-order valence-corrected chi connectivity index (χ3v) is 6.30. The molecule has 0 saturated heterocycles. The molecule has 2 heterocycles. The van der Waals surface area contributed by atoms with E-state index < -0.39 is 0 Å². The fourth-order valence-electron chi connectivity index (χ4n) is 3.56. The van der Waals surface area contributed by atoms with Gasteiger partial charge in [-0.3, -0.25) is 0 Å². The Balaban J connectivity index is 2.32. The van der Waals surface area contributed by atoms with Gasteiger partial charge in [-0.2, -0.15) is 0 Å². The highest BCUT2D eigenvalue weighted by atomic mass is 127. The van der Waals surface area contributed by atoms with Crippen molar-refractivity contribution in [2.45, 2.75) is 6.92 Å². The third-order valence-electron chi connectivity index (χ3n) is 4.38. The average Bonchev–Trinajstić information content (AvgIpc) is 2.86. The maximum absolute atomic E-state index is 14.0. The Morgan fingerprint density at radius 2 is 1.82 bits per heavy atom. The van der Waals surface area contributed by atoms with Crippen LogP contribution in [-0.4, -0.2) is 0 Å². The standard InChI is InChI=1S/C18H10FINS/c1-9-7-10(19)8-12-11-3-2-4-13-16(11)17-14(22-13)5-6-21(20)18(17)15(9)12/h2-8H,1H3/q+1. The zero-order chi connectivity index (χ0) is 15.0. The van der Waals surface area contributed by atoms with Crippen LogP contribution in [0.25, 0.3) is 41.8 Å². The van der Waals surface area contributed by atoms with Crippen LogP contribution in [-0.2, 0) is 0 Å². The second-order valence-corrected chi connectivity index (χ2v) is 7.76. The number of nitrogens with zero attached hydrogens (tertiary/aromatic N) is 1. The molecular formula is C18H10FINS+. The zero-order valence-corrected chi connectivity index (χ0v) is 14.6. The van der Waals surface area contributed by atoms with Crippen molar-refractivity contribution in [1.82, 2.24) is 0 Å². The summed E-state index contributed by atoms with van der Waals surface area (Å²) >= 11 is 4.13. The van der Waals surface area contributed by atoms with Gasteiger partial charge in [0.15, 0.2) is 6.20 Å². The third kappa shape index (κ3) is 1.49. The first-order valence-electron chi connectivity index (χ1n) is 7.02. The summed E-state index contributed by atoms with van der Waals surface area (Å²) in [5.41, 5.74) is 2.18. The molecule has 3 aromatic carbocycles. The van der Waals surface area contributed by atoms with Crippen LogP contribution in [0, 0.1) is 12.7 Å². The van der Waals surface area contributed by atoms with E-state index in [2.05, 4.69) is 56.1 Å². The predicted octanol–water partition coefficient (Wildman–Crippen LogP) is 5.73. The summed E-state index contributed by atoms with van der Waals surface area (Å²) in [6.07, 6.45) is 2.09. The highest BCUT2D eigenvalue weighted by Gasteiger charge is 2.23. The summed E-state index contributed by atoms with van der Waals surface area (Å²) < 4.78 is 18.7. The number of benzene rings is 3. The number of thiophene rings is 1. The van der Waals surface area contributed by atoms with Gasteiger partial charge in [-0.15, -0.1) is 14.1 Å². The molecule has 0 aliphatic carbocycles. The molecule has 1 nitrogen and oxygen atoms in total. The van der Waals surface area contributed by atoms with Crippen LogP contribution in [0.3, 0.4) is 0 Å². The molecule has 0 amide bonds. The first-order chi connectivity index (χ1) is 10.6. The van der Waals surface area contributed by atoms with Crippen molar-refractivity contribution in [1.29, 1.82) is 0 Å².